The van der Waals surface area contributed by atoms with Crippen LogP contribution >= 0.6 is 0 Å². The van der Waals surface area contributed by atoms with Crippen LogP contribution < -0.4 is 5.32 Å². The Morgan fingerprint density at radius 2 is 2.00 bits per heavy atom. The quantitative estimate of drug-likeness (QED) is 0.527. The molecule has 0 bridgehead atoms. The largest absolute Gasteiger partial charge is 0.296 e. The zero-order chi connectivity index (χ0) is 8.48. The number of nitrogens with one attached hydrogen (secondary N) is 1. The van der Waals surface area contributed by atoms with E-state index in [-0.39, 0.29) is 17.2 Å². The van der Waals surface area contributed by atoms with Crippen LogP contribution in [0, 0.1) is 5.41 Å². The molecular formula is C8H13NO2. The Bertz CT molecular complexity index is 196. The van der Waals surface area contributed by atoms with Crippen molar-refractivity contribution >= 4 is 11.8 Å². The highest BCUT2D eigenvalue weighted by Crippen LogP contribution is 2.25. The van der Waals surface area contributed by atoms with Crippen molar-refractivity contribution in [3.63, 3.8) is 0 Å². The maximum absolute atomic E-state index is 11.2. The van der Waals surface area contributed by atoms with E-state index in [0.29, 0.717) is 6.42 Å². The van der Waals surface area contributed by atoms with Gasteiger partial charge in [0, 0.05) is 11.8 Å². The zero-order valence-corrected chi connectivity index (χ0v) is 6.94. The summed E-state index contributed by atoms with van der Waals surface area (Å²) in [5.74, 6) is -0.277. The van der Waals surface area contributed by atoms with Crippen molar-refractivity contribution in [2.45, 2.75) is 33.1 Å². The van der Waals surface area contributed by atoms with Gasteiger partial charge in [-0.3, -0.25) is 14.9 Å². The first kappa shape index (κ1) is 8.24. The lowest BCUT2D eigenvalue weighted by atomic mass is 9.87. The molecule has 1 saturated heterocycles. The summed E-state index contributed by atoms with van der Waals surface area (Å²) in [6, 6.07) is 0. The lowest BCUT2D eigenvalue weighted by Crippen LogP contribution is -2.37. The van der Waals surface area contributed by atoms with Gasteiger partial charge in [0.05, 0.1) is 0 Å². The van der Waals surface area contributed by atoms with Gasteiger partial charge < -0.3 is 0 Å². The predicted molar refractivity (Wildman–Crippen MR) is 40.8 cm³/mol. The van der Waals surface area contributed by atoms with Crippen molar-refractivity contribution in [1.29, 1.82) is 0 Å². The van der Waals surface area contributed by atoms with E-state index in [0.717, 1.165) is 12.8 Å². The minimum Gasteiger partial charge on any atom is -0.296 e. The lowest BCUT2D eigenvalue weighted by Gasteiger charge is -2.18. The molecule has 0 aromatic heterocycles. The highest BCUT2D eigenvalue weighted by Gasteiger charge is 2.31. The summed E-state index contributed by atoms with van der Waals surface area (Å²) in [5.41, 5.74) is -0.369. The van der Waals surface area contributed by atoms with Crippen molar-refractivity contribution in [2.75, 3.05) is 0 Å². The van der Waals surface area contributed by atoms with Crippen LogP contribution in [0.15, 0.2) is 0 Å². The van der Waals surface area contributed by atoms with Gasteiger partial charge in [-0.25, -0.2) is 0 Å². The van der Waals surface area contributed by atoms with Crippen LogP contribution in [0.4, 0.5) is 0 Å². The molecule has 2 amide bonds. The molecule has 0 unspecified atom stereocenters. The van der Waals surface area contributed by atoms with Gasteiger partial charge in [0.1, 0.15) is 0 Å². The van der Waals surface area contributed by atoms with Crippen LogP contribution in [0.1, 0.15) is 33.1 Å². The Labute approximate surface area is 66.2 Å². The molecule has 0 atom stereocenters. The molecule has 0 aromatic carbocycles. The average Bonchev–Trinajstić information content (AvgIpc) is 1.94. The summed E-state index contributed by atoms with van der Waals surface area (Å²) in [4.78, 5) is 22.1. The second kappa shape index (κ2) is 2.64. The predicted octanol–water partition coefficient (Wildman–Crippen LogP) is 0.839. The summed E-state index contributed by atoms with van der Waals surface area (Å²) in [6.45, 7) is 3.72. The first-order chi connectivity index (χ1) is 5.02. The van der Waals surface area contributed by atoms with E-state index in [1.54, 1.807) is 0 Å². The van der Waals surface area contributed by atoms with Crippen LogP contribution in [-0.2, 0) is 9.59 Å². The Balaban J connectivity index is 2.73. The molecule has 0 saturated carbocycles. The van der Waals surface area contributed by atoms with Gasteiger partial charge in [-0.15, -0.1) is 0 Å². The zero-order valence-electron chi connectivity index (χ0n) is 6.94. The van der Waals surface area contributed by atoms with Crippen molar-refractivity contribution in [3.8, 4) is 0 Å². The Kier molecular flexibility index (Phi) is 1.98. The molecule has 62 valence electrons. The molecule has 3 heteroatoms. The molecule has 0 spiro atoms. The topological polar surface area (TPSA) is 46.2 Å². The molecule has 0 aromatic rings. The van der Waals surface area contributed by atoms with Gasteiger partial charge in [-0.1, -0.05) is 13.8 Å². The lowest BCUT2D eigenvalue weighted by molar-refractivity contribution is -0.134. The number of hydrogen-bond donors (Lipinski definition) is 1. The van der Waals surface area contributed by atoms with Gasteiger partial charge in [0.25, 0.3) is 0 Å². The maximum atomic E-state index is 11.2. The number of amides is 2. The summed E-state index contributed by atoms with van der Waals surface area (Å²) in [5, 5.41) is 2.35. The first-order valence-electron chi connectivity index (χ1n) is 3.87. The fourth-order valence-corrected chi connectivity index (χ4v) is 1.16. The Morgan fingerprint density at radius 3 is 2.64 bits per heavy atom. The Morgan fingerprint density at radius 1 is 1.36 bits per heavy atom. The highest BCUT2D eigenvalue weighted by atomic mass is 16.2. The van der Waals surface area contributed by atoms with E-state index in [1.165, 1.54) is 0 Å². The van der Waals surface area contributed by atoms with Crippen molar-refractivity contribution in [2.24, 2.45) is 5.41 Å². The smallest absolute Gasteiger partial charge is 0.232 e. The van der Waals surface area contributed by atoms with Crippen LogP contribution in [0.25, 0.3) is 0 Å². The second-order valence-corrected chi connectivity index (χ2v) is 3.61. The summed E-state index contributed by atoms with van der Waals surface area (Å²) in [6.07, 6.45) is 2.09. The van der Waals surface area contributed by atoms with Gasteiger partial charge in [0.15, 0.2) is 0 Å². The molecule has 11 heavy (non-hydrogen) atoms. The number of rotatable bonds is 0. The van der Waals surface area contributed by atoms with E-state index >= 15 is 0 Å². The van der Waals surface area contributed by atoms with Gasteiger partial charge in [-0.05, 0) is 12.8 Å². The number of carbonyl (C=O) groups excluding carboxylic acids is 2. The fraction of sp³-hybridized carbons (Fsp3) is 0.750. The standard InChI is InChI=1S/C8H13NO2/c1-8(2)5-3-4-6(10)9-7(8)11/h3-5H2,1-2H3,(H,9,10,11). The molecule has 0 aliphatic carbocycles. The number of hydrogen-bond acceptors (Lipinski definition) is 2. The third-order valence-corrected chi connectivity index (χ3v) is 2.07. The summed E-state index contributed by atoms with van der Waals surface area (Å²) in [7, 11) is 0. The van der Waals surface area contributed by atoms with Gasteiger partial charge in [-0.2, -0.15) is 0 Å². The third-order valence-electron chi connectivity index (χ3n) is 2.07. The van der Waals surface area contributed by atoms with E-state index in [1.807, 2.05) is 13.8 Å². The van der Waals surface area contributed by atoms with Crippen molar-refractivity contribution in [1.82, 2.24) is 5.32 Å². The summed E-state index contributed by atoms with van der Waals surface area (Å²) >= 11 is 0. The molecule has 3 nitrogen and oxygen atoms in total. The fourth-order valence-electron chi connectivity index (χ4n) is 1.16. The maximum Gasteiger partial charge on any atom is 0.232 e. The molecule has 1 heterocycles. The molecule has 1 rings (SSSR count). The Hall–Kier alpha value is -0.860. The van der Waals surface area contributed by atoms with Crippen molar-refractivity contribution in [3.05, 3.63) is 0 Å². The number of imide groups is 1. The van der Waals surface area contributed by atoms with Crippen LogP contribution in [-0.4, -0.2) is 11.8 Å². The first-order valence-corrected chi connectivity index (χ1v) is 3.87. The molecular weight excluding hydrogens is 142 g/mol. The molecule has 1 N–H and O–H groups in total. The molecule has 0 radical (unpaired) electrons. The average molecular weight is 155 g/mol. The van der Waals surface area contributed by atoms with E-state index in [4.69, 9.17) is 0 Å². The monoisotopic (exact) mass is 155 g/mol. The minimum atomic E-state index is -0.369. The molecule has 1 aliphatic heterocycles. The van der Waals surface area contributed by atoms with Crippen molar-refractivity contribution < 1.29 is 9.59 Å². The van der Waals surface area contributed by atoms with E-state index in [9.17, 15) is 9.59 Å². The van der Waals surface area contributed by atoms with E-state index in [2.05, 4.69) is 5.32 Å². The number of carbonyl (C=O) groups is 2. The third kappa shape index (κ3) is 1.79. The summed E-state index contributed by atoms with van der Waals surface area (Å²) < 4.78 is 0. The van der Waals surface area contributed by atoms with Crippen LogP contribution in [0.5, 0.6) is 0 Å². The van der Waals surface area contributed by atoms with E-state index < -0.39 is 0 Å². The normalized spacial score (nSPS) is 24.2. The van der Waals surface area contributed by atoms with Gasteiger partial charge in [0.2, 0.25) is 11.8 Å². The van der Waals surface area contributed by atoms with Gasteiger partial charge >= 0.3 is 0 Å². The minimum absolute atomic E-state index is 0.138. The second-order valence-electron chi connectivity index (χ2n) is 3.61. The molecule has 1 aliphatic rings. The highest BCUT2D eigenvalue weighted by molar-refractivity contribution is 5.98. The molecule has 1 fully saturated rings. The van der Waals surface area contributed by atoms with Crippen LogP contribution in [0.3, 0.4) is 0 Å². The van der Waals surface area contributed by atoms with Crippen LogP contribution in [0.2, 0.25) is 0 Å². The SMILES string of the molecule is CC1(C)CCCC(=O)NC1=O.